The van der Waals surface area contributed by atoms with Crippen LogP contribution in [0, 0.1) is 0 Å². The molecule has 0 heterocycles. The summed E-state index contributed by atoms with van der Waals surface area (Å²) in [6.07, 6.45) is 0.346. The highest BCUT2D eigenvalue weighted by Gasteiger charge is 2.39. The molecule has 6 nitrogen and oxygen atoms in total. The maximum Gasteiger partial charge on any atom is 0.315 e. The molecule has 6 heteroatoms. The van der Waals surface area contributed by atoms with Gasteiger partial charge in [0, 0.05) is 12.1 Å². The lowest BCUT2D eigenvalue weighted by Gasteiger charge is -2.29. The van der Waals surface area contributed by atoms with E-state index in [1.807, 2.05) is 13.0 Å². The van der Waals surface area contributed by atoms with E-state index in [1.165, 1.54) is 7.11 Å². The summed E-state index contributed by atoms with van der Waals surface area (Å²) in [4.78, 5) is 24.6. The lowest BCUT2D eigenvalue weighted by molar-refractivity contribution is -0.143. The molecular weight excluding hydrogens is 346 g/mol. The van der Waals surface area contributed by atoms with Crippen LogP contribution in [-0.4, -0.2) is 37.2 Å². The normalized spacial score (nSPS) is 12.7. The minimum absolute atomic E-state index is 0.0167. The Bertz CT molecular complexity index is 790. The molecule has 0 saturated carbocycles. The quantitative estimate of drug-likeness (QED) is 0.707. The number of hydrogen-bond donors (Lipinski definition) is 2. The molecular formula is C21H25NO5. The van der Waals surface area contributed by atoms with Crippen LogP contribution in [0.5, 0.6) is 11.5 Å². The summed E-state index contributed by atoms with van der Waals surface area (Å²) in [7, 11) is 1.50. The number of methoxy groups -OCH3 is 1. The summed E-state index contributed by atoms with van der Waals surface area (Å²) >= 11 is 0. The average molecular weight is 371 g/mol. The van der Waals surface area contributed by atoms with Gasteiger partial charge in [0.15, 0.2) is 11.5 Å². The highest BCUT2D eigenvalue weighted by molar-refractivity contribution is 5.95. The highest BCUT2D eigenvalue weighted by Crippen LogP contribution is 2.29. The maximum absolute atomic E-state index is 12.6. The van der Waals surface area contributed by atoms with Crippen molar-refractivity contribution in [3.05, 3.63) is 59.7 Å². The fourth-order valence-corrected chi connectivity index (χ4v) is 2.96. The van der Waals surface area contributed by atoms with E-state index in [4.69, 9.17) is 9.47 Å². The molecule has 2 aromatic carbocycles. The highest BCUT2D eigenvalue weighted by atomic mass is 16.5. The molecule has 1 atom stereocenters. The second-order valence-electron chi connectivity index (χ2n) is 6.09. The van der Waals surface area contributed by atoms with E-state index in [-0.39, 0.29) is 12.5 Å². The molecule has 1 unspecified atom stereocenters. The summed E-state index contributed by atoms with van der Waals surface area (Å²) in [5.41, 5.74) is -0.157. The third-order valence-electron chi connectivity index (χ3n) is 4.62. The molecule has 2 aromatic rings. The number of ether oxygens (including phenoxy) is 2. The van der Waals surface area contributed by atoms with Gasteiger partial charge in [0.2, 0.25) is 0 Å². The van der Waals surface area contributed by atoms with Crippen LogP contribution in [0.4, 0.5) is 0 Å². The summed E-state index contributed by atoms with van der Waals surface area (Å²) in [6, 6.07) is 13.8. The molecule has 1 amide bonds. The molecule has 0 bridgehead atoms. The molecule has 0 radical (unpaired) electrons. The van der Waals surface area contributed by atoms with Crippen molar-refractivity contribution in [3.63, 3.8) is 0 Å². The van der Waals surface area contributed by atoms with E-state index in [0.717, 1.165) is 0 Å². The van der Waals surface area contributed by atoms with Gasteiger partial charge in [0.1, 0.15) is 5.41 Å². The Kier molecular flexibility index (Phi) is 6.82. The number of benzene rings is 2. The molecule has 144 valence electrons. The lowest BCUT2D eigenvalue weighted by atomic mass is 9.78. The fourth-order valence-electron chi connectivity index (χ4n) is 2.96. The second kappa shape index (κ2) is 9.07. The van der Waals surface area contributed by atoms with Crippen LogP contribution < -0.4 is 14.8 Å². The van der Waals surface area contributed by atoms with Gasteiger partial charge in [-0.3, -0.25) is 9.59 Å². The number of hydrogen-bond acceptors (Lipinski definition) is 4. The maximum atomic E-state index is 12.6. The van der Waals surface area contributed by atoms with Gasteiger partial charge in [-0.05, 0) is 37.1 Å². The Balaban J connectivity index is 2.22. The topological polar surface area (TPSA) is 84.9 Å². The van der Waals surface area contributed by atoms with Gasteiger partial charge < -0.3 is 19.9 Å². The number of carboxylic acid groups (broad SMARTS) is 1. The molecule has 0 fully saturated rings. The molecule has 0 aliphatic rings. The van der Waals surface area contributed by atoms with Crippen molar-refractivity contribution >= 4 is 11.9 Å². The van der Waals surface area contributed by atoms with E-state index in [1.54, 1.807) is 49.4 Å². The number of carboxylic acids is 1. The van der Waals surface area contributed by atoms with Gasteiger partial charge in [-0.15, -0.1) is 0 Å². The SMILES string of the molecule is CCOc1ccc(C(=O)NCC(CC)(C(=O)O)c2ccccc2)cc1OC. The number of rotatable bonds is 9. The van der Waals surface area contributed by atoms with E-state index in [0.29, 0.717) is 35.7 Å². The number of carbonyl (C=O) groups excluding carboxylic acids is 1. The summed E-state index contributed by atoms with van der Waals surface area (Å²) < 4.78 is 10.7. The third kappa shape index (κ3) is 4.39. The zero-order valence-electron chi connectivity index (χ0n) is 15.8. The van der Waals surface area contributed by atoms with E-state index in [9.17, 15) is 14.7 Å². The first-order chi connectivity index (χ1) is 13.0. The number of aliphatic carboxylic acids is 1. The van der Waals surface area contributed by atoms with Crippen LogP contribution in [0.2, 0.25) is 0 Å². The third-order valence-corrected chi connectivity index (χ3v) is 4.62. The first kappa shape index (κ1) is 20.3. The Morgan fingerprint density at radius 1 is 1.07 bits per heavy atom. The molecule has 0 saturated heterocycles. The minimum Gasteiger partial charge on any atom is -0.493 e. The Hall–Kier alpha value is -3.02. The van der Waals surface area contributed by atoms with Gasteiger partial charge >= 0.3 is 5.97 Å². The summed E-state index contributed by atoms with van der Waals surface area (Å²) in [5, 5.41) is 12.6. The van der Waals surface area contributed by atoms with Crippen LogP contribution in [-0.2, 0) is 10.2 Å². The summed E-state index contributed by atoms with van der Waals surface area (Å²) in [6.45, 7) is 4.13. The van der Waals surface area contributed by atoms with Crippen LogP contribution >= 0.6 is 0 Å². The predicted octanol–water partition coefficient (Wildman–Crippen LogP) is 3.26. The number of nitrogens with one attached hydrogen (secondary N) is 1. The minimum atomic E-state index is -1.19. The Morgan fingerprint density at radius 2 is 1.78 bits per heavy atom. The molecule has 0 aliphatic carbocycles. The zero-order valence-corrected chi connectivity index (χ0v) is 15.8. The van der Waals surface area contributed by atoms with Gasteiger partial charge in [0.25, 0.3) is 5.91 Å². The molecule has 2 rings (SSSR count). The van der Waals surface area contributed by atoms with Gasteiger partial charge in [-0.1, -0.05) is 37.3 Å². The molecule has 2 N–H and O–H groups in total. The largest absolute Gasteiger partial charge is 0.493 e. The summed E-state index contributed by atoms with van der Waals surface area (Å²) in [5.74, 6) is -0.339. The lowest BCUT2D eigenvalue weighted by Crippen LogP contribution is -2.46. The van der Waals surface area contributed by atoms with Crippen molar-refractivity contribution in [2.75, 3.05) is 20.3 Å². The second-order valence-corrected chi connectivity index (χ2v) is 6.09. The van der Waals surface area contributed by atoms with Crippen LogP contribution in [0.3, 0.4) is 0 Å². The van der Waals surface area contributed by atoms with E-state index < -0.39 is 11.4 Å². The van der Waals surface area contributed by atoms with Crippen molar-refractivity contribution in [2.24, 2.45) is 0 Å². The van der Waals surface area contributed by atoms with Crippen molar-refractivity contribution in [1.29, 1.82) is 0 Å². The molecule has 27 heavy (non-hydrogen) atoms. The van der Waals surface area contributed by atoms with Crippen LogP contribution in [0.15, 0.2) is 48.5 Å². The van der Waals surface area contributed by atoms with Crippen molar-refractivity contribution < 1.29 is 24.2 Å². The first-order valence-electron chi connectivity index (χ1n) is 8.86. The number of carbonyl (C=O) groups is 2. The Morgan fingerprint density at radius 3 is 2.33 bits per heavy atom. The van der Waals surface area contributed by atoms with E-state index in [2.05, 4.69) is 5.32 Å². The van der Waals surface area contributed by atoms with Crippen LogP contribution in [0.25, 0.3) is 0 Å². The van der Waals surface area contributed by atoms with Gasteiger partial charge in [-0.25, -0.2) is 0 Å². The van der Waals surface area contributed by atoms with Gasteiger partial charge in [-0.2, -0.15) is 0 Å². The van der Waals surface area contributed by atoms with Crippen molar-refractivity contribution in [3.8, 4) is 11.5 Å². The predicted molar refractivity (Wildman–Crippen MR) is 103 cm³/mol. The molecule has 0 aromatic heterocycles. The van der Waals surface area contributed by atoms with Crippen LogP contribution in [0.1, 0.15) is 36.2 Å². The smallest absolute Gasteiger partial charge is 0.315 e. The molecule has 0 aliphatic heterocycles. The zero-order chi connectivity index (χ0) is 19.9. The average Bonchev–Trinajstić information content (AvgIpc) is 2.69. The first-order valence-corrected chi connectivity index (χ1v) is 8.86. The fraction of sp³-hybridized carbons (Fsp3) is 0.333. The Labute approximate surface area is 159 Å². The standard InChI is InChI=1S/C21H25NO5/c1-4-21(20(24)25,16-9-7-6-8-10-16)14-22-19(23)15-11-12-17(27-5-2)18(13-15)26-3/h6-13H,4-5,14H2,1-3H3,(H,22,23)(H,24,25). The van der Waals surface area contributed by atoms with Crippen molar-refractivity contribution in [1.82, 2.24) is 5.32 Å². The monoisotopic (exact) mass is 371 g/mol. The van der Waals surface area contributed by atoms with Gasteiger partial charge in [0.05, 0.1) is 13.7 Å². The van der Waals surface area contributed by atoms with E-state index >= 15 is 0 Å². The number of amides is 1. The molecule has 0 spiro atoms. The van der Waals surface area contributed by atoms with Crippen molar-refractivity contribution in [2.45, 2.75) is 25.7 Å².